The summed E-state index contributed by atoms with van der Waals surface area (Å²) in [5, 5.41) is 11.2. The predicted octanol–water partition coefficient (Wildman–Crippen LogP) is 1.91. The Balaban J connectivity index is 1.39. The highest BCUT2D eigenvalue weighted by Gasteiger charge is 2.34. The Kier molecular flexibility index (Phi) is 6.03. The molecule has 0 saturated carbocycles. The van der Waals surface area contributed by atoms with Crippen LogP contribution in [-0.2, 0) is 6.54 Å². The number of aliphatic hydroxyl groups excluding tert-OH is 1. The monoisotopic (exact) mass is 368 g/mol. The first kappa shape index (κ1) is 18.8. The molecule has 2 aliphatic heterocycles. The highest BCUT2D eigenvalue weighted by Crippen LogP contribution is 2.27. The first-order valence-corrected chi connectivity index (χ1v) is 10.4. The van der Waals surface area contributed by atoms with E-state index in [9.17, 15) is 5.11 Å². The number of rotatable bonds is 6. The molecule has 1 aromatic heterocycles. The zero-order chi connectivity index (χ0) is 18.6. The van der Waals surface area contributed by atoms with Crippen molar-refractivity contribution in [2.24, 2.45) is 11.8 Å². The lowest BCUT2D eigenvalue weighted by Crippen LogP contribution is -2.48. The van der Waals surface area contributed by atoms with Crippen LogP contribution in [0.1, 0.15) is 12.5 Å². The minimum absolute atomic E-state index is 0.299. The van der Waals surface area contributed by atoms with Crippen molar-refractivity contribution >= 4 is 10.9 Å². The molecule has 2 atom stereocenters. The van der Waals surface area contributed by atoms with Crippen LogP contribution in [0, 0.1) is 11.8 Å². The normalized spacial score (nSPS) is 25.4. The second kappa shape index (κ2) is 8.65. The van der Waals surface area contributed by atoms with Gasteiger partial charge in [-0.15, -0.1) is 0 Å². The number of pyridine rings is 1. The van der Waals surface area contributed by atoms with Crippen molar-refractivity contribution in [2.45, 2.75) is 13.5 Å². The fraction of sp³-hybridized carbons (Fsp3) is 0.591. The molecule has 5 heteroatoms. The van der Waals surface area contributed by atoms with Crippen molar-refractivity contribution in [3.63, 3.8) is 0 Å². The molecule has 1 N–H and O–H groups in total. The third kappa shape index (κ3) is 4.32. The Morgan fingerprint density at radius 1 is 0.963 bits per heavy atom. The van der Waals surface area contributed by atoms with Crippen LogP contribution in [0.4, 0.5) is 0 Å². The average Bonchev–Trinajstić information content (AvgIpc) is 3.10. The van der Waals surface area contributed by atoms with Crippen molar-refractivity contribution in [1.29, 1.82) is 0 Å². The molecule has 4 rings (SSSR count). The predicted molar refractivity (Wildman–Crippen MR) is 110 cm³/mol. The number of piperazine rings is 1. The van der Waals surface area contributed by atoms with E-state index in [2.05, 4.69) is 50.9 Å². The van der Waals surface area contributed by atoms with Crippen molar-refractivity contribution in [3.05, 3.63) is 42.1 Å². The molecule has 0 aliphatic carbocycles. The zero-order valence-electron chi connectivity index (χ0n) is 16.4. The molecule has 2 saturated heterocycles. The van der Waals surface area contributed by atoms with Crippen LogP contribution < -0.4 is 0 Å². The van der Waals surface area contributed by atoms with E-state index in [0.29, 0.717) is 18.4 Å². The lowest BCUT2D eigenvalue weighted by atomic mass is 9.96. The second-order valence-electron chi connectivity index (χ2n) is 8.12. The minimum atomic E-state index is 0.299. The van der Waals surface area contributed by atoms with Crippen LogP contribution in [0.3, 0.4) is 0 Å². The van der Waals surface area contributed by atoms with Gasteiger partial charge in [0.05, 0.1) is 5.52 Å². The number of fused-ring (bicyclic) bond motifs is 1. The number of aromatic nitrogens is 1. The molecule has 27 heavy (non-hydrogen) atoms. The van der Waals surface area contributed by atoms with E-state index in [-0.39, 0.29) is 0 Å². The standard InChI is InChI=1S/C22H32N4O/c1-2-24-9-11-25(12-10-24)14-19-15-26(16-20(19)17-27)13-18-7-8-23-22-6-4-3-5-21(18)22/h3-8,19-20,27H,2,9-17H2,1H3/t19-,20-/m1/s1. The molecule has 3 heterocycles. The summed E-state index contributed by atoms with van der Waals surface area (Å²) in [5.41, 5.74) is 2.41. The molecule has 0 unspecified atom stereocenters. The third-order valence-corrected chi connectivity index (χ3v) is 6.42. The van der Waals surface area contributed by atoms with Gasteiger partial charge in [-0.1, -0.05) is 25.1 Å². The fourth-order valence-electron chi connectivity index (χ4n) is 4.73. The summed E-state index contributed by atoms with van der Waals surface area (Å²) in [6.07, 6.45) is 1.92. The summed E-state index contributed by atoms with van der Waals surface area (Å²) in [7, 11) is 0. The Morgan fingerprint density at radius 2 is 1.70 bits per heavy atom. The van der Waals surface area contributed by atoms with Crippen LogP contribution >= 0.6 is 0 Å². The summed E-state index contributed by atoms with van der Waals surface area (Å²) in [5.74, 6) is 0.957. The van der Waals surface area contributed by atoms with Crippen molar-refractivity contribution in [1.82, 2.24) is 19.7 Å². The molecular formula is C22H32N4O. The Morgan fingerprint density at radius 3 is 2.48 bits per heavy atom. The van der Waals surface area contributed by atoms with Crippen LogP contribution in [0.5, 0.6) is 0 Å². The first-order chi connectivity index (χ1) is 13.3. The highest BCUT2D eigenvalue weighted by atomic mass is 16.3. The number of likely N-dealkylation sites (N-methyl/N-ethyl adjacent to an activating group) is 1. The molecule has 5 nitrogen and oxygen atoms in total. The van der Waals surface area contributed by atoms with Gasteiger partial charge < -0.3 is 14.9 Å². The maximum absolute atomic E-state index is 9.94. The van der Waals surface area contributed by atoms with Gasteiger partial charge in [0.15, 0.2) is 0 Å². The first-order valence-electron chi connectivity index (χ1n) is 10.4. The second-order valence-corrected chi connectivity index (χ2v) is 8.12. The van der Waals surface area contributed by atoms with Gasteiger partial charge in [-0.2, -0.15) is 0 Å². The number of hydrogen-bond acceptors (Lipinski definition) is 5. The van der Waals surface area contributed by atoms with Gasteiger partial charge in [-0.3, -0.25) is 9.88 Å². The smallest absolute Gasteiger partial charge is 0.0705 e. The number of likely N-dealkylation sites (tertiary alicyclic amines) is 1. The molecule has 2 aliphatic rings. The Bertz CT molecular complexity index is 739. The maximum atomic E-state index is 9.94. The van der Waals surface area contributed by atoms with E-state index in [1.54, 1.807) is 0 Å². The van der Waals surface area contributed by atoms with Crippen LogP contribution in [0.2, 0.25) is 0 Å². The van der Waals surface area contributed by atoms with Crippen LogP contribution in [0.25, 0.3) is 10.9 Å². The van der Waals surface area contributed by atoms with Crippen LogP contribution in [-0.4, -0.2) is 83.8 Å². The van der Waals surface area contributed by atoms with Gasteiger partial charge in [-0.25, -0.2) is 0 Å². The van der Waals surface area contributed by atoms with E-state index in [0.717, 1.165) is 51.3 Å². The van der Waals surface area contributed by atoms with Gasteiger partial charge >= 0.3 is 0 Å². The lowest BCUT2D eigenvalue weighted by Gasteiger charge is -2.36. The molecule has 2 fully saturated rings. The summed E-state index contributed by atoms with van der Waals surface area (Å²) in [6.45, 7) is 12.5. The van der Waals surface area contributed by atoms with E-state index in [4.69, 9.17) is 0 Å². The number of para-hydroxylation sites is 1. The number of hydrogen-bond donors (Lipinski definition) is 1. The van der Waals surface area contributed by atoms with Crippen molar-refractivity contribution < 1.29 is 5.11 Å². The van der Waals surface area contributed by atoms with Crippen LogP contribution in [0.15, 0.2) is 36.5 Å². The van der Waals surface area contributed by atoms with Gasteiger partial charge in [0, 0.05) is 70.5 Å². The van der Waals surface area contributed by atoms with E-state index >= 15 is 0 Å². The van der Waals surface area contributed by atoms with Crippen molar-refractivity contribution in [3.8, 4) is 0 Å². The molecule has 146 valence electrons. The van der Waals surface area contributed by atoms with Gasteiger partial charge in [-0.05, 0) is 36.1 Å². The molecule has 2 aromatic rings. The molecule has 0 spiro atoms. The quantitative estimate of drug-likeness (QED) is 0.844. The molecule has 0 radical (unpaired) electrons. The lowest BCUT2D eigenvalue weighted by molar-refractivity contribution is 0.106. The zero-order valence-corrected chi connectivity index (χ0v) is 16.4. The maximum Gasteiger partial charge on any atom is 0.0705 e. The van der Waals surface area contributed by atoms with Gasteiger partial charge in [0.2, 0.25) is 0 Å². The SMILES string of the molecule is CCN1CCN(C[C@@H]2CN(Cc3ccnc4ccccc34)C[C@@H]2CO)CC1. The highest BCUT2D eigenvalue weighted by molar-refractivity contribution is 5.81. The molecule has 0 amide bonds. The van der Waals surface area contributed by atoms with Gasteiger partial charge in [0.1, 0.15) is 0 Å². The van der Waals surface area contributed by atoms with E-state index < -0.39 is 0 Å². The Hall–Kier alpha value is -1.53. The topological polar surface area (TPSA) is 42.8 Å². The molecule has 1 aromatic carbocycles. The summed E-state index contributed by atoms with van der Waals surface area (Å²) < 4.78 is 0. The number of aliphatic hydroxyl groups is 1. The number of nitrogens with zero attached hydrogens (tertiary/aromatic N) is 4. The van der Waals surface area contributed by atoms with E-state index in [1.807, 2.05) is 12.3 Å². The number of benzene rings is 1. The average molecular weight is 369 g/mol. The Labute approximate surface area is 162 Å². The van der Waals surface area contributed by atoms with Gasteiger partial charge in [0.25, 0.3) is 0 Å². The molecular weight excluding hydrogens is 336 g/mol. The summed E-state index contributed by atoms with van der Waals surface area (Å²) in [6, 6.07) is 10.5. The summed E-state index contributed by atoms with van der Waals surface area (Å²) in [4.78, 5) is 12.1. The minimum Gasteiger partial charge on any atom is -0.396 e. The third-order valence-electron chi connectivity index (χ3n) is 6.42. The largest absolute Gasteiger partial charge is 0.396 e. The fourth-order valence-corrected chi connectivity index (χ4v) is 4.73. The van der Waals surface area contributed by atoms with Crippen molar-refractivity contribution in [2.75, 3.05) is 59.0 Å². The van der Waals surface area contributed by atoms with E-state index in [1.165, 1.54) is 24.0 Å². The molecule has 0 bridgehead atoms. The summed E-state index contributed by atoms with van der Waals surface area (Å²) >= 11 is 0.